The van der Waals surface area contributed by atoms with E-state index in [9.17, 15) is 4.79 Å². The van der Waals surface area contributed by atoms with Gasteiger partial charge >= 0.3 is 6.03 Å². The van der Waals surface area contributed by atoms with Crippen LogP contribution < -0.4 is 5.32 Å². The standard InChI is InChI=1S/C18H26N4O/c1-15-20-16-9-4-5-10-17(16)22(15)14-8-11-19-18(23)21-12-6-2-3-7-13-21/h4-5,9-10H,2-3,6-8,11-14H2,1H3,(H,19,23). The summed E-state index contributed by atoms with van der Waals surface area (Å²) in [5.74, 6) is 1.03. The number of imidazole rings is 1. The fourth-order valence-corrected chi connectivity index (χ4v) is 3.30. The van der Waals surface area contributed by atoms with E-state index in [0.717, 1.165) is 50.2 Å². The van der Waals surface area contributed by atoms with Crippen LogP contribution in [0.4, 0.5) is 4.79 Å². The number of aromatic nitrogens is 2. The lowest BCUT2D eigenvalue weighted by atomic mass is 10.2. The van der Waals surface area contributed by atoms with Crippen molar-refractivity contribution in [1.82, 2.24) is 19.8 Å². The van der Waals surface area contributed by atoms with E-state index in [1.54, 1.807) is 0 Å². The summed E-state index contributed by atoms with van der Waals surface area (Å²) in [6.45, 7) is 5.43. The average molecular weight is 314 g/mol. The van der Waals surface area contributed by atoms with Gasteiger partial charge in [0.1, 0.15) is 5.82 Å². The number of nitrogens with zero attached hydrogens (tertiary/aromatic N) is 3. The second-order valence-electron chi connectivity index (χ2n) is 6.29. The van der Waals surface area contributed by atoms with E-state index >= 15 is 0 Å². The van der Waals surface area contributed by atoms with Crippen LogP contribution in [0, 0.1) is 6.92 Å². The van der Waals surface area contributed by atoms with Crippen molar-refractivity contribution in [2.75, 3.05) is 19.6 Å². The van der Waals surface area contributed by atoms with Crippen molar-refractivity contribution in [3.05, 3.63) is 30.1 Å². The monoisotopic (exact) mass is 314 g/mol. The summed E-state index contributed by atoms with van der Waals surface area (Å²) in [4.78, 5) is 18.7. The summed E-state index contributed by atoms with van der Waals surface area (Å²) in [5, 5.41) is 3.06. The second kappa shape index (κ2) is 7.49. The number of urea groups is 1. The van der Waals surface area contributed by atoms with Crippen LogP contribution in [0.3, 0.4) is 0 Å². The molecule has 0 unspecified atom stereocenters. The van der Waals surface area contributed by atoms with Gasteiger partial charge in [0.05, 0.1) is 11.0 Å². The molecule has 5 nitrogen and oxygen atoms in total. The first-order valence-corrected chi connectivity index (χ1v) is 8.70. The third kappa shape index (κ3) is 3.84. The van der Waals surface area contributed by atoms with Crippen LogP contribution in [-0.2, 0) is 6.54 Å². The van der Waals surface area contributed by atoms with Crippen molar-refractivity contribution in [2.45, 2.75) is 45.6 Å². The maximum atomic E-state index is 12.2. The van der Waals surface area contributed by atoms with Gasteiger partial charge in [0.15, 0.2) is 0 Å². The Morgan fingerprint density at radius 2 is 1.91 bits per heavy atom. The Morgan fingerprint density at radius 3 is 2.70 bits per heavy atom. The normalized spacial score (nSPS) is 15.6. The molecule has 0 saturated carbocycles. The summed E-state index contributed by atoms with van der Waals surface area (Å²) in [6, 6.07) is 8.30. The van der Waals surface area contributed by atoms with E-state index in [1.165, 1.54) is 18.4 Å². The molecule has 3 rings (SSSR count). The van der Waals surface area contributed by atoms with Crippen molar-refractivity contribution in [3.8, 4) is 0 Å². The summed E-state index contributed by atoms with van der Waals surface area (Å²) in [5.41, 5.74) is 2.21. The smallest absolute Gasteiger partial charge is 0.317 e. The zero-order valence-corrected chi connectivity index (χ0v) is 13.9. The van der Waals surface area contributed by atoms with Gasteiger partial charge in [-0.3, -0.25) is 0 Å². The van der Waals surface area contributed by atoms with Crippen molar-refractivity contribution in [3.63, 3.8) is 0 Å². The molecule has 2 amide bonds. The van der Waals surface area contributed by atoms with Crippen molar-refractivity contribution < 1.29 is 4.79 Å². The molecule has 1 aliphatic rings. The molecule has 0 bridgehead atoms. The highest BCUT2D eigenvalue weighted by atomic mass is 16.2. The van der Waals surface area contributed by atoms with E-state index in [0.29, 0.717) is 6.54 Å². The Bertz CT molecular complexity index is 656. The zero-order chi connectivity index (χ0) is 16.1. The van der Waals surface area contributed by atoms with Crippen LogP contribution in [0.15, 0.2) is 24.3 Å². The minimum atomic E-state index is 0.0964. The molecule has 0 aliphatic carbocycles. The number of amides is 2. The van der Waals surface area contributed by atoms with Crippen LogP contribution in [0.25, 0.3) is 11.0 Å². The highest BCUT2D eigenvalue weighted by molar-refractivity contribution is 5.76. The third-order valence-corrected chi connectivity index (χ3v) is 4.57. The number of carbonyl (C=O) groups is 1. The molecule has 5 heteroatoms. The topological polar surface area (TPSA) is 50.2 Å². The maximum Gasteiger partial charge on any atom is 0.317 e. The molecule has 2 heterocycles. The molecule has 2 aromatic rings. The van der Waals surface area contributed by atoms with Gasteiger partial charge in [-0.1, -0.05) is 25.0 Å². The minimum absolute atomic E-state index is 0.0964. The predicted octanol–water partition coefficient (Wildman–Crippen LogP) is 3.32. The van der Waals surface area contributed by atoms with E-state index < -0.39 is 0 Å². The molecule has 1 aliphatic heterocycles. The molecule has 1 N–H and O–H groups in total. The van der Waals surface area contributed by atoms with Crippen LogP contribution >= 0.6 is 0 Å². The number of hydrogen-bond donors (Lipinski definition) is 1. The lowest BCUT2D eigenvalue weighted by Gasteiger charge is -2.20. The molecular formula is C18H26N4O. The molecule has 0 radical (unpaired) electrons. The summed E-state index contributed by atoms with van der Waals surface area (Å²) in [7, 11) is 0. The summed E-state index contributed by atoms with van der Waals surface area (Å²) >= 11 is 0. The fourth-order valence-electron chi connectivity index (χ4n) is 3.30. The van der Waals surface area contributed by atoms with E-state index in [2.05, 4.69) is 20.9 Å². The van der Waals surface area contributed by atoms with Gasteiger partial charge < -0.3 is 14.8 Å². The fraction of sp³-hybridized carbons (Fsp3) is 0.556. The number of aryl methyl sites for hydroxylation is 2. The van der Waals surface area contributed by atoms with Crippen molar-refractivity contribution >= 4 is 17.1 Å². The molecule has 23 heavy (non-hydrogen) atoms. The number of nitrogens with one attached hydrogen (secondary N) is 1. The Hall–Kier alpha value is -2.04. The average Bonchev–Trinajstić information content (AvgIpc) is 2.74. The second-order valence-corrected chi connectivity index (χ2v) is 6.29. The molecule has 1 fully saturated rings. The van der Waals surface area contributed by atoms with Gasteiger partial charge in [-0.25, -0.2) is 9.78 Å². The Labute approximate surface area is 137 Å². The number of likely N-dealkylation sites (tertiary alicyclic amines) is 1. The van der Waals surface area contributed by atoms with Crippen molar-refractivity contribution in [1.29, 1.82) is 0 Å². The first-order valence-electron chi connectivity index (χ1n) is 8.70. The van der Waals surface area contributed by atoms with E-state index in [1.807, 2.05) is 30.0 Å². The first kappa shape index (κ1) is 15.8. The molecule has 1 aromatic carbocycles. The van der Waals surface area contributed by atoms with Crippen LogP contribution in [0.2, 0.25) is 0 Å². The number of fused-ring (bicyclic) bond motifs is 1. The lowest BCUT2D eigenvalue weighted by molar-refractivity contribution is 0.199. The number of hydrogen-bond acceptors (Lipinski definition) is 2. The molecule has 124 valence electrons. The van der Waals surface area contributed by atoms with Crippen LogP contribution in [0.1, 0.15) is 37.9 Å². The zero-order valence-electron chi connectivity index (χ0n) is 13.9. The highest BCUT2D eigenvalue weighted by Crippen LogP contribution is 2.15. The quantitative estimate of drug-likeness (QED) is 0.880. The number of carbonyl (C=O) groups excluding carboxylic acids is 1. The van der Waals surface area contributed by atoms with Crippen molar-refractivity contribution in [2.24, 2.45) is 0 Å². The van der Waals surface area contributed by atoms with Gasteiger partial charge in [-0.05, 0) is 38.3 Å². The first-order chi connectivity index (χ1) is 11.3. The van der Waals surface area contributed by atoms with Crippen LogP contribution in [-0.4, -0.2) is 40.1 Å². The molecule has 1 aromatic heterocycles. The maximum absolute atomic E-state index is 12.2. The van der Waals surface area contributed by atoms with E-state index in [-0.39, 0.29) is 6.03 Å². The number of benzene rings is 1. The number of rotatable bonds is 4. The van der Waals surface area contributed by atoms with Crippen LogP contribution in [0.5, 0.6) is 0 Å². The number of para-hydroxylation sites is 2. The molecule has 1 saturated heterocycles. The minimum Gasteiger partial charge on any atom is -0.338 e. The Balaban J connectivity index is 1.49. The van der Waals surface area contributed by atoms with Gasteiger partial charge in [-0.2, -0.15) is 0 Å². The van der Waals surface area contributed by atoms with Gasteiger partial charge in [0, 0.05) is 26.2 Å². The summed E-state index contributed by atoms with van der Waals surface area (Å²) < 4.78 is 2.23. The van der Waals surface area contributed by atoms with Gasteiger partial charge in [-0.15, -0.1) is 0 Å². The lowest BCUT2D eigenvalue weighted by Crippen LogP contribution is -2.41. The van der Waals surface area contributed by atoms with E-state index in [4.69, 9.17) is 0 Å². The SMILES string of the molecule is Cc1nc2ccccc2n1CCCNC(=O)N1CCCCCC1. The predicted molar refractivity (Wildman–Crippen MR) is 92.5 cm³/mol. The molecule has 0 atom stereocenters. The largest absolute Gasteiger partial charge is 0.338 e. The molecule has 0 spiro atoms. The third-order valence-electron chi connectivity index (χ3n) is 4.57. The highest BCUT2D eigenvalue weighted by Gasteiger charge is 2.14. The Kier molecular flexibility index (Phi) is 5.16. The van der Waals surface area contributed by atoms with Gasteiger partial charge in [0.25, 0.3) is 0 Å². The Morgan fingerprint density at radius 1 is 1.17 bits per heavy atom. The molecular weight excluding hydrogens is 288 g/mol. The van der Waals surface area contributed by atoms with Gasteiger partial charge in [0.2, 0.25) is 0 Å². The summed E-state index contributed by atoms with van der Waals surface area (Å²) in [6.07, 6.45) is 5.68.